The molecule has 0 aromatic rings. The van der Waals surface area contributed by atoms with Crippen LogP contribution in [-0.4, -0.2) is 23.5 Å². The summed E-state index contributed by atoms with van der Waals surface area (Å²) >= 11 is 0. The van der Waals surface area contributed by atoms with Crippen LogP contribution in [0.1, 0.15) is 46.0 Å². The number of aliphatic imine (C=N–C) groups is 2. The van der Waals surface area contributed by atoms with Gasteiger partial charge in [0, 0.05) is 0 Å². The first-order valence-electron chi connectivity index (χ1n) is 5.48. The zero-order chi connectivity index (χ0) is 9.26. The first kappa shape index (κ1) is 8.92. The summed E-state index contributed by atoms with van der Waals surface area (Å²) in [6.45, 7) is 4.36. The van der Waals surface area contributed by atoms with E-state index in [1.54, 1.807) is 0 Å². The molecule has 0 saturated heterocycles. The van der Waals surface area contributed by atoms with Crippen molar-refractivity contribution in [2.24, 2.45) is 9.98 Å². The second-order valence-corrected chi connectivity index (χ2v) is 3.92. The molecule has 0 radical (unpaired) electrons. The molecule has 0 aromatic heterocycles. The van der Waals surface area contributed by atoms with Crippen molar-refractivity contribution in [3.8, 4) is 0 Å². The normalized spacial score (nSPS) is 32.5. The summed E-state index contributed by atoms with van der Waals surface area (Å²) in [6, 6.07) is 1.07. The van der Waals surface area contributed by atoms with Crippen molar-refractivity contribution in [1.82, 2.24) is 0 Å². The summed E-state index contributed by atoms with van der Waals surface area (Å²) in [5, 5.41) is 0. The van der Waals surface area contributed by atoms with Gasteiger partial charge in [0.1, 0.15) is 0 Å². The van der Waals surface area contributed by atoms with E-state index in [1.165, 1.54) is 30.7 Å². The van der Waals surface area contributed by atoms with Crippen molar-refractivity contribution in [3.63, 3.8) is 0 Å². The Labute approximate surface area is 80.2 Å². The Morgan fingerprint density at radius 1 is 1.00 bits per heavy atom. The molecule has 2 heteroatoms. The van der Waals surface area contributed by atoms with Crippen molar-refractivity contribution >= 4 is 11.4 Å². The molecule has 2 rings (SSSR count). The Bertz CT molecular complexity index is 227. The average molecular weight is 178 g/mol. The molecule has 0 spiro atoms. The maximum absolute atomic E-state index is 4.80. The first-order valence-corrected chi connectivity index (χ1v) is 5.48. The number of hydrogen-bond donors (Lipinski definition) is 0. The third kappa shape index (κ3) is 1.54. The van der Waals surface area contributed by atoms with Gasteiger partial charge >= 0.3 is 0 Å². The van der Waals surface area contributed by atoms with Crippen molar-refractivity contribution < 1.29 is 0 Å². The van der Waals surface area contributed by atoms with Crippen LogP contribution in [0, 0.1) is 0 Å². The van der Waals surface area contributed by atoms with E-state index in [1.807, 2.05) is 0 Å². The molecule has 1 aliphatic heterocycles. The Morgan fingerprint density at radius 2 is 1.46 bits per heavy atom. The number of nitrogens with zero attached hydrogens (tertiary/aromatic N) is 2. The highest BCUT2D eigenvalue weighted by Gasteiger charge is 2.30. The molecule has 2 nitrogen and oxygen atoms in total. The lowest BCUT2D eigenvalue weighted by molar-refractivity contribution is 0.599. The van der Waals surface area contributed by atoms with E-state index < -0.39 is 0 Å². The molecule has 72 valence electrons. The first-order chi connectivity index (χ1) is 6.35. The highest BCUT2D eigenvalue weighted by molar-refractivity contribution is 6.42. The van der Waals surface area contributed by atoms with Crippen LogP contribution in [0.4, 0.5) is 0 Å². The molecule has 0 bridgehead atoms. The van der Waals surface area contributed by atoms with E-state index in [-0.39, 0.29) is 0 Å². The topological polar surface area (TPSA) is 24.7 Å². The van der Waals surface area contributed by atoms with Gasteiger partial charge < -0.3 is 0 Å². The lowest BCUT2D eigenvalue weighted by Crippen LogP contribution is -2.28. The van der Waals surface area contributed by atoms with Crippen molar-refractivity contribution in [2.75, 3.05) is 0 Å². The monoisotopic (exact) mass is 178 g/mol. The largest absolute Gasteiger partial charge is 0.282 e. The molecular weight excluding hydrogens is 160 g/mol. The van der Waals surface area contributed by atoms with Crippen LogP contribution in [0.25, 0.3) is 0 Å². The Hall–Kier alpha value is -0.660. The van der Waals surface area contributed by atoms with Crippen LogP contribution in [0.2, 0.25) is 0 Å². The third-order valence-corrected chi connectivity index (χ3v) is 3.09. The van der Waals surface area contributed by atoms with Crippen molar-refractivity contribution in [3.05, 3.63) is 0 Å². The van der Waals surface area contributed by atoms with Gasteiger partial charge in [-0.25, -0.2) is 0 Å². The molecule has 13 heavy (non-hydrogen) atoms. The fraction of sp³-hybridized carbons (Fsp3) is 0.818. The SMILES string of the molecule is CCC1=NC2CCCC2N=C1CC. The Morgan fingerprint density at radius 3 is 1.85 bits per heavy atom. The van der Waals surface area contributed by atoms with E-state index in [9.17, 15) is 0 Å². The van der Waals surface area contributed by atoms with Crippen LogP contribution in [0.3, 0.4) is 0 Å². The van der Waals surface area contributed by atoms with Gasteiger partial charge in [-0.2, -0.15) is 0 Å². The van der Waals surface area contributed by atoms with Crippen LogP contribution in [0.15, 0.2) is 9.98 Å². The molecule has 1 aliphatic carbocycles. The Kier molecular flexibility index (Phi) is 2.47. The van der Waals surface area contributed by atoms with E-state index in [0.717, 1.165) is 12.8 Å². The number of fused-ring (bicyclic) bond motifs is 1. The summed E-state index contributed by atoms with van der Waals surface area (Å²) in [4.78, 5) is 9.60. The second-order valence-electron chi connectivity index (χ2n) is 3.92. The summed E-state index contributed by atoms with van der Waals surface area (Å²) in [6.07, 6.45) is 5.94. The van der Waals surface area contributed by atoms with Crippen molar-refractivity contribution in [2.45, 2.75) is 58.0 Å². The van der Waals surface area contributed by atoms with Crippen LogP contribution in [0.5, 0.6) is 0 Å². The summed E-state index contributed by atoms with van der Waals surface area (Å²) < 4.78 is 0. The predicted octanol–water partition coefficient (Wildman–Crippen LogP) is 2.62. The minimum Gasteiger partial charge on any atom is -0.282 e. The summed E-state index contributed by atoms with van der Waals surface area (Å²) in [7, 11) is 0. The van der Waals surface area contributed by atoms with Gasteiger partial charge in [0.2, 0.25) is 0 Å². The highest BCUT2D eigenvalue weighted by Crippen LogP contribution is 2.28. The summed E-state index contributed by atoms with van der Waals surface area (Å²) in [5.74, 6) is 0. The van der Waals surface area contributed by atoms with Gasteiger partial charge in [0.05, 0.1) is 23.5 Å². The number of hydrogen-bond acceptors (Lipinski definition) is 2. The lowest BCUT2D eigenvalue weighted by atomic mass is 10.0. The molecule has 2 aliphatic rings. The molecule has 1 saturated carbocycles. The van der Waals surface area contributed by atoms with Crippen LogP contribution < -0.4 is 0 Å². The molecule has 0 amide bonds. The summed E-state index contributed by atoms with van der Waals surface area (Å²) in [5.41, 5.74) is 2.54. The molecule has 1 fully saturated rings. The quantitative estimate of drug-likeness (QED) is 0.621. The van der Waals surface area contributed by atoms with E-state index in [2.05, 4.69) is 13.8 Å². The standard InChI is InChI=1S/C11H18N2/c1-3-8-9(4-2)13-11-7-5-6-10(11)12-8/h10-11H,3-7H2,1-2H3. The van der Waals surface area contributed by atoms with Gasteiger partial charge in [-0.15, -0.1) is 0 Å². The molecule has 2 unspecified atom stereocenters. The molecular formula is C11H18N2. The zero-order valence-electron chi connectivity index (χ0n) is 8.58. The third-order valence-electron chi connectivity index (χ3n) is 3.09. The average Bonchev–Trinajstić information content (AvgIpc) is 2.62. The fourth-order valence-corrected chi connectivity index (χ4v) is 2.36. The smallest absolute Gasteiger partial charge is 0.0727 e. The minimum absolute atomic E-state index is 0.533. The fourth-order valence-electron chi connectivity index (χ4n) is 2.36. The van der Waals surface area contributed by atoms with Gasteiger partial charge in [-0.3, -0.25) is 9.98 Å². The molecule has 1 heterocycles. The second kappa shape index (κ2) is 3.60. The van der Waals surface area contributed by atoms with E-state index in [0.29, 0.717) is 12.1 Å². The van der Waals surface area contributed by atoms with Crippen LogP contribution in [-0.2, 0) is 0 Å². The van der Waals surface area contributed by atoms with Gasteiger partial charge in [0.15, 0.2) is 0 Å². The zero-order valence-corrected chi connectivity index (χ0v) is 8.58. The number of rotatable bonds is 2. The Balaban J connectivity index is 2.22. The molecule has 0 aromatic carbocycles. The molecule has 0 N–H and O–H groups in total. The van der Waals surface area contributed by atoms with Crippen molar-refractivity contribution in [1.29, 1.82) is 0 Å². The minimum atomic E-state index is 0.533. The maximum atomic E-state index is 4.80. The van der Waals surface area contributed by atoms with E-state index in [4.69, 9.17) is 9.98 Å². The lowest BCUT2D eigenvalue weighted by Gasteiger charge is -2.21. The van der Waals surface area contributed by atoms with Crippen LogP contribution >= 0.6 is 0 Å². The van der Waals surface area contributed by atoms with E-state index >= 15 is 0 Å². The van der Waals surface area contributed by atoms with Gasteiger partial charge in [0.25, 0.3) is 0 Å². The molecule has 2 atom stereocenters. The maximum Gasteiger partial charge on any atom is 0.0727 e. The predicted molar refractivity (Wildman–Crippen MR) is 56.9 cm³/mol. The van der Waals surface area contributed by atoms with Gasteiger partial charge in [-0.05, 0) is 32.1 Å². The highest BCUT2D eigenvalue weighted by atomic mass is 15.0. The van der Waals surface area contributed by atoms with Gasteiger partial charge in [-0.1, -0.05) is 13.8 Å².